The summed E-state index contributed by atoms with van der Waals surface area (Å²) in [5.74, 6) is -1.45. The number of aliphatic carboxylic acids is 1. The fraction of sp³-hybridized carbons (Fsp3) is 0.737. The number of carboxylic acids is 1. The number of aliphatic hydroxyl groups is 2. The van der Waals surface area contributed by atoms with Crippen LogP contribution in [0.5, 0.6) is 0 Å². The Morgan fingerprint density at radius 2 is 2.04 bits per heavy atom. The number of hydrogen-bond donors (Lipinski definition) is 3. The SMILES string of the molecule is C=P(C)(C)CCC1O[C@@H](C2=CN(C)C(=O)N(CCC(C)C(=O)O)C2)[C@H](O)[C@@H]1O. The number of carbonyl (C=O) groups is 2. The van der Waals surface area contributed by atoms with Gasteiger partial charge in [-0.25, -0.2) is 4.79 Å². The summed E-state index contributed by atoms with van der Waals surface area (Å²) >= 11 is 0. The standard InChI is InChI=1S/C19H33N2O6P/c1-12(18(24)25)6-8-21-11-13(10-20(2)19(21)26)17-16(23)15(22)14(27-17)7-9-28(3,4)5/h10,12,14-17,22-23H,3,6-9,11H2,1-2,4-5H3,(H,24,25)/t12?,14?,15-,16-,17+/m1/s1. The van der Waals surface area contributed by atoms with Crippen molar-refractivity contribution in [3.63, 3.8) is 0 Å². The molecule has 1 saturated heterocycles. The molecule has 0 spiro atoms. The Labute approximate surface area is 166 Å². The number of rotatable bonds is 8. The van der Waals surface area contributed by atoms with Crippen molar-refractivity contribution in [3.05, 3.63) is 11.8 Å². The summed E-state index contributed by atoms with van der Waals surface area (Å²) in [6, 6.07) is -0.227. The van der Waals surface area contributed by atoms with Crippen molar-refractivity contribution < 1.29 is 29.6 Å². The number of urea groups is 1. The van der Waals surface area contributed by atoms with Gasteiger partial charge in [0.15, 0.2) is 0 Å². The lowest BCUT2D eigenvalue weighted by atomic mass is 9.99. The Balaban J connectivity index is 2.06. The number of amides is 2. The summed E-state index contributed by atoms with van der Waals surface area (Å²) < 4.78 is 5.98. The number of ether oxygens (including phenoxy) is 1. The van der Waals surface area contributed by atoms with E-state index >= 15 is 0 Å². The Kier molecular flexibility index (Phi) is 7.37. The number of hydrogen-bond acceptors (Lipinski definition) is 5. The van der Waals surface area contributed by atoms with Crippen molar-refractivity contribution in [1.29, 1.82) is 0 Å². The van der Waals surface area contributed by atoms with Gasteiger partial charge in [0.2, 0.25) is 0 Å². The third-order valence-corrected chi connectivity index (χ3v) is 6.77. The molecule has 2 amide bonds. The highest BCUT2D eigenvalue weighted by Crippen LogP contribution is 2.39. The molecular weight excluding hydrogens is 383 g/mol. The van der Waals surface area contributed by atoms with Gasteiger partial charge < -0.3 is 29.9 Å². The molecule has 160 valence electrons. The average molecular weight is 416 g/mol. The van der Waals surface area contributed by atoms with Crippen LogP contribution >= 0.6 is 6.89 Å². The van der Waals surface area contributed by atoms with Crippen LogP contribution in [0.2, 0.25) is 0 Å². The van der Waals surface area contributed by atoms with Gasteiger partial charge in [-0.1, -0.05) is 6.92 Å². The van der Waals surface area contributed by atoms with Gasteiger partial charge in [-0.05, 0) is 37.9 Å². The highest BCUT2D eigenvalue weighted by Gasteiger charge is 2.45. The summed E-state index contributed by atoms with van der Waals surface area (Å²) in [6.07, 6.45) is 4.41. The van der Waals surface area contributed by atoms with Crippen LogP contribution in [0.1, 0.15) is 19.8 Å². The molecule has 8 nitrogen and oxygen atoms in total. The largest absolute Gasteiger partial charge is 0.481 e. The van der Waals surface area contributed by atoms with Crippen LogP contribution in [0.25, 0.3) is 0 Å². The van der Waals surface area contributed by atoms with Crippen LogP contribution < -0.4 is 0 Å². The Hall–Kier alpha value is -1.34. The van der Waals surface area contributed by atoms with Crippen LogP contribution in [0.15, 0.2) is 11.8 Å². The zero-order chi connectivity index (χ0) is 21.2. The van der Waals surface area contributed by atoms with Crippen LogP contribution in [-0.2, 0) is 9.53 Å². The highest BCUT2D eigenvalue weighted by molar-refractivity contribution is 7.72. The lowest BCUT2D eigenvalue weighted by Gasteiger charge is -2.35. The van der Waals surface area contributed by atoms with Gasteiger partial charge in [0.25, 0.3) is 0 Å². The van der Waals surface area contributed by atoms with Gasteiger partial charge in [-0.2, -0.15) is 0 Å². The predicted molar refractivity (Wildman–Crippen MR) is 110 cm³/mol. The molecule has 0 aromatic heterocycles. The van der Waals surface area contributed by atoms with Crippen molar-refractivity contribution in [3.8, 4) is 0 Å². The second kappa shape index (κ2) is 8.99. The van der Waals surface area contributed by atoms with Crippen LogP contribution in [-0.4, -0.2) is 107 Å². The minimum atomic E-state index is -1.27. The molecule has 28 heavy (non-hydrogen) atoms. The maximum absolute atomic E-state index is 12.4. The van der Waals surface area contributed by atoms with E-state index in [0.717, 1.165) is 6.16 Å². The lowest BCUT2D eigenvalue weighted by Crippen LogP contribution is -2.47. The van der Waals surface area contributed by atoms with Crippen LogP contribution in [0.4, 0.5) is 4.79 Å². The molecular formula is C19H33N2O6P. The predicted octanol–water partition coefficient (Wildman–Crippen LogP) is 0.937. The van der Waals surface area contributed by atoms with E-state index in [1.54, 1.807) is 25.1 Å². The number of carboxylic acid groups (broad SMARTS) is 1. The third-order valence-electron chi connectivity index (χ3n) is 5.31. The van der Waals surface area contributed by atoms with E-state index in [1.807, 2.05) is 0 Å². The summed E-state index contributed by atoms with van der Waals surface area (Å²) in [5, 5.41) is 30.0. The molecule has 0 aromatic carbocycles. The molecule has 0 saturated carbocycles. The Morgan fingerprint density at radius 3 is 2.61 bits per heavy atom. The van der Waals surface area contributed by atoms with Crippen molar-refractivity contribution in [2.24, 2.45) is 5.92 Å². The maximum atomic E-state index is 12.4. The maximum Gasteiger partial charge on any atom is 0.324 e. The summed E-state index contributed by atoms with van der Waals surface area (Å²) in [6.45, 7) is 5.10. The second-order valence-electron chi connectivity index (χ2n) is 8.57. The molecule has 1 fully saturated rings. The molecule has 0 aromatic rings. The first-order valence-electron chi connectivity index (χ1n) is 9.55. The van der Waals surface area contributed by atoms with Gasteiger partial charge in [-0.15, -0.1) is 13.2 Å². The van der Waals surface area contributed by atoms with E-state index < -0.39 is 43.2 Å². The molecule has 2 aliphatic rings. The molecule has 5 atom stereocenters. The zero-order valence-electron chi connectivity index (χ0n) is 17.1. The molecule has 2 aliphatic heterocycles. The number of aliphatic hydroxyl groups excluding tert-OH is 2. The minimum absolute atomic E-state index is 0.227. The van der Waals surface area contributed by atoms with E-state index in [-0.39, 0.29) is 12.6 Å². The average Bonchev–Trinajstić information content (AvgIpc) is 2.88. The van der Waals surface area contributed by atoms with Gasteiger partial charge in [0, 0.05) is 26.3 Å². The monoisotopic (exact) mass is 416 g/mol. The van der Waals surface area contributed by atoms with Gasteiger partial charge >= 0.3 is 12.0 Å². The molecule has 2 rings (SSSR count). The lowest BCUT2D eigenvalue weighted by molar-refractivity contribution is -0.141. The molecule has 0 radical (unpaired) electrons. The third kappa shape index (κ3) is 5.60. The minimum Gasteiger partial charge on any atom is -0.481 e. The van der Waals surface area contributed by atoms with E-state index in [2.05, 4.69) is 19.6 Å². The normalized spacial score (nSPS) is 29.8. The number of carbonyl (C=O) groups excluding carboxylic acids is 1. The van der Waals surface area contributed by atoms with Crippen molar-refractivity contribution in [1.82, 2.24) is 9.80 Å². The molecule has 0 aliphatic carbocycles. The molecule has 2 unspecified atom stereocenters. The number of nitrogens with zero attached hydrogens (tertiary/aromatic N) is 2. The quantitative estimate of drug-likeness (QED) is 0.508. The van der Waals surface area contributed by atoms with Gasteiger partial charge in [0.05, 0.1) is 12.0 Å². The van der Waals surface area contributed by atoms with E-state index in [0.29, 0.717) is 25.0 Å². The van der Waals surface area contributed by atoms with Gasteiger partial charge in [-0.3, -0.25) is 4.79 Å². The van der Waals surface area contributed by atoms with Crippen molar-refractivity contribution in [2.75, 3.05) is 39.6 Å². The van der Waals surface area contributed by atoms with Gasteiger partial charge in [0.1, 0.15) is 18.3 Å². The highest BCUT2D eigenvalue weighted by atomic mass is 31.2. The summed E-state index contributed by atoms with van der Waals surface area (Å²) in [5.41, 5.74) is 0.697. The van der Waals surface area contributed by atoms with Crippen LogP contribution in [0, 0.1) is 5.92 Å². The topological polar surface area (TPSA) is 111 Å². The Morgan fingerprint density at radius 1 is 1.39 bits per heavy atom. The van der Waals surface area contributed by atoms with Crippen molar-refractivity contribution in [2.45, 2.75) is 44.2 Å². The van der Waals surface area contributed by atoms with E-state index in [1.165, 1.54) is 4.90 Å². The Bertz CT molecular complexity index is 675. The second-order valence-corrected chi connectivity index (χ2v) is 12.9. The molecule has 3 N–H and O–H groups in total. The molecule has 9 heteroatoms. The first kappa shape index (κ1) is 22.9. The summed E-state index contributed by atoms with van der Waals surface area (Å²) in [4.78, 5) is 26.4. The molecule has 2 heterocycles. The summed E-state index contributed by atoms with van der Waals surface area (Å²) in [7, 11) is 1.61. The van der Waals surface area contributed by atoms with E-state index in [4.69, 9.17) is 9.84 Å². The first-order valence-corrected chi connectivity index (χ1v) is 12.6. The molecule has 0 bridgehead atoms. The van der Waals surface area contributed by atoms with Crippen LogP contribution in [0.3, 0.4) is 0 Å². The zero-order valence-corrected chi connectivity index (χ0v) is 18.0. The van der Waals surface area contributed by atoms with E-state index in [9.17, 15) is 19.8 Å². The smallest absolute Gasteiger partial charge is 0.324 e. The fourth-order valence-corrected chi connectivity index (χ4v) is 4.39. The van der Waals surface area contributed by atoms with Crippen molar-refractivity contribution >= 4 is 25.2 Å². The first-order chi connectivity index (χ1) is 12.9. The fourth-order valence-electron chi connectivity index (χ4n) is 3.44.